The van der Waals surface area contributed by atoms with E-state index in [9.17, 15) is 27.9 Å². The first-order valence-corrected chi connectivity index (χ1v) is 9.32. The molecule has 1 heterocycles. The highest BCUT2D eigenvalue weighted by atomic mass is 19.4. The molecular formula is C22H18F3N3O3. The molecule has 0 radical (unpaired) electrons. The topological polar surface area (TPSA) is 84.6 Å². The third-order valence-corrected chi connectivity index (χ3v) is 5.11. The van der Waals surface area contributed by atoms with Gasteiger partial charge in [-0.1, -0.05) is 18.2 Å². The highest BCUT2D eigenvalue weighted by Crippen LogP contribution is 2.40. The van der Waals surface area contributed by atoms with Crippen LogP contribution in [0.3, 0.4) is 0 Å². The summed E-state index contributed by atoms with van der Waals surface area (Å²) in [7, 11) is 0. The van der Waals surface area contributed by atoms with E-state index in [1.54, 1.807) is 19.1 Å². The third-order valence-electron chi connectivity index (χ3n) is 5.11. The fourth-order valence-corrected chi connectivity index (χ4v) is 3.66. The Morgan fingerprint density at radius 3 is 2.35 bits per heavy atom. The number of alkyl halides is 3. The van der Waals surface area contributed by atoms with Gasteiger partial charge in [0, 0.05) is 12.2 Å². The molecule has 0 aromatic heterocycles. The number of urea groups is 1. The molecule has 31 heavy (non-hydrogen) atoms. The van der Waals surface area contributed by atoms with E-state index in [2.05, 4.69) is 0 Å². The molecule has 2 amide bonds. The predicted octanol–water partition coefficient (Wildman–Crippen LogP) is 4.94. The minimum Gasteiger partial charge on any atom is -0.478 e. The molecule has 0 aliphatic carbocycles. The van der Waals surface area contributed by atoms with Crippen LogP contribution in [-0.4, -0.2) is 28.6 Å². The molecule has 0 spiro atoms. The number of likely N-dealkylation sites (N-methyl/N-ethyl adjacent to an activating group) is 1. The molecule has 3 rings (SSSR count). The summed E-state index contributed by atoms with van der Waals surface area (Å²) in [6.45, 7) is 3.16. The Morgan fingerprint density at radius 2 is 1.84 bits per heavy atom. The number of nitriles is 1. The number of amides is 2. The van der Waals surface area contributed by atoms with Crippen LogP contribution in [-0.2, 0) is 11.0 Å². The molecule has 1 N–H and O–H groups in total. The Bertz CT molecular complexity index is 1100. The van der Waals surface area contributed by atoms with Crippen molar-refractivity contribution in [1.29, 1.82) is 5.26 Å². The summed E-state index contributed by atoms with van der Waals surface area (Å²) in [5, 5.41) is 18.9. The van der Waals surface area contributed by atoms with E-state index >= 15 is 0 Å². The Labute approximate surface area is 176 Å². The smallest absolute Gasteiger partial charge is 0.416 e. The van der Waals surface area contributed by atoms with Gasteiger partial charge in [-0.2, -0.15) is 18.4 Å². The van der Waals surface area contributed by atoms with Crippen LogP contribution >= 0.6 is 0 Å². The number of carboxylic acid groups (broad SMARTS) is 1. The number of benzene rings is 2. The number of carbonyl (C=O) groups is 2. The van der Waals surface area contributed by atoms with E-state index < -0.39 is 29.8 Å². The van der Waals surface area contributed by atoms with Crippen LogP contribution in [0.5, 0.6) is 0 Å². The molecule has 1 aliphatic heterocycles. The molecule has 160 valence electrons. The number of nitrogens with zero attached hydrogens (tertiary/aromatic N) is 3. The fourth-order valence-electron chi connectivity index (χ4n) is 3.66. The molecule has 2 aromatic carbocycles. The van der Waals surface area contributed by atoms with E-state index in [0.29, 0.717) is 11.1 Å². The second-order valence-corrected chi connectivity index (χ2v) is 6.89. The Morgan fingerprint density at radius 1 is 1.19 bits per heavy atom. The summed E-state index contributed by atoms with van der Waals surface area (Å²) in [5.74, 6) is -1.30. The lowest BCUT2D eigenvalue weighted by Gasteiger charge is -2.42. The average molecular weight is 429 g/mol. The number of anilines is 1. The van der Waals surface area contributed by atoms with Crippen molar-refractivity contribution in [1.82, 2.24) is 4.90 Å². The minimum atomic E-state index is -4.61. The molecule has 6 nitrogen and oxygen atoms in total. The molecule has 0 bridgehead atoms. The van der Waals surface area contributed by atoms with Crippen molar-refractivity contribution in [3.63, 3.8) is 0 Å². The van der Waals surface area contributed by atoms with E-state index in [0.717, 1.165) is 17.0 Å². The first-order valence-electron chi connectivity index (χ1n) is 9.32. The van der Waals surface area contributed by atoms with Crippen molar-refractivity contribution in [2.45, 2.75) is 26.1 Å². The van der Waals surface area contributed by atoms with E-state index in [4.69, 9.17) is 5.26 Å². The van der Waals surface area contributed by atoms with E-state index in [1.807, 2.05) is 6.07 Å². The fraction of sp³-hybridized carbons (Fsp3) is 0.227. The first kappa shape index (κ1) is 21.9. The Balaban J connectivity index is 2.20. The Hall–Kier alpha value is -3.80. The van der Waals surface area contributed by atoms with Gasteiger partial charge < -0.3 is 10.0 Å². The number of aliphatic carboxylic acids is 1. The average Bonchev–Trinajstić information content (AvgIpc) is 2.73. The number of halogens is 3. The maximum absolute atomic E-state index is 13.3. The number of hydrogen-bond donors (Lipinski definition) is 1. The van der Waals surface area contributed by atoms with Crippen LogP contribution in [0, 0.1) is 11.3 Å². The molecule has 0 saturated heterocycles. The van der Waals surface area contributed by atoms with Crippen molar-refractivity contribution >= 4 is 17.7 Å². The molecule has 1 aliphatic rings. The summed E-state index contributed by atoms with van der Waals surface area (Å²) >= 11 is 0. The molecule has 9 heteroatoms. The maximum atomic E-state index is 13.3. The normalized spacial score (nSPS) is 17.0. The zero-order chi connectivity index (χ0) is 22.9. The number of hydrogen-bond acceptors (Lipinski definition) is 3. The van der Waals surface area contributed by atoms with Crippen LogP contribution in [0.15, 0.2) is 59.8 Å². The van der Waals surface area contributed by atoms with Gasteiger partial charge in [-0.25, -0.2) is 9.59 Å². The number of allylic oxidation sites excluding steroid dienone is 1. The highest BCUT2D eigenvalue weighted by molar-refractivity contribution is 6.02. The minimum absolute atomic E-state index is 0.0240. The van der Waals surface area contributed by atoms with Crippen molar-refractivity contribution < 1.29 is 27.9 Å². The number of rotatable bonds is 4. The summed E-state index contributed by atoms with van der Waals surface area (Å²) < 4.78 is 39.5. The van der Waals surface area contributed by atoms with Gasteiger partial charge in [-0.15, -0.1) is 0 Å². The van der Waals surface area contributed by atoms with Crippen molar-refractivity contribution in [3.8, 4) is 6.07 Å². The van der Waals surface area contributed by atoms with Crippen molar-refractivity contribution in [2.75, 3.05) is 11.4 Å². The molecule has 0 fully saturated rings. The zero-order valence-electron chi connectivity index (χ0n) is 16.6. The molecule has 0 unspecified atom stereocenters. The van der Waals surface area contributed by atoms with E-state index in [1.165, 1.54) is 36.1 Å². The van der Waals surface area contributed by atoms with Crippen LogP contribution < -0.4 is 4.90 Å². The van der Waals surface area contributed by atoms with Gasteiger partial charge in [0.2, 0.25) is 0 Å². The first-order chi connectivity index (χ1) is 14.6. The summed E-state index contributed by atoms with van der Waals surface area (Å²) in [4.78, 5) is 27.7. The maximum Gasteiger partial charge on any atom is 0.416 e. The van der Waals surface area contributed by atoms with Gasteiger partial charge in [-0.05, 0) is 49.7 Å². The van der Waals surface area contributed by atoms with Crippen molar-refractivity contribution in [2.24, 2.45) is 0 Å². The molecular weight excluding hydrogens is 411 g/mol. The Kier molecular flexibility index (Phi) is 5.75. The standard InChI is InChI=1S/C22H18F3N3O3/c1-3-27-19(15-9-7-14(12-26)8-10-15)18(20(29)30)13(2)28(21(27)31)17-6-4-5-16(11-17)22(23,24)25/h4-11,19H,3H2,1-2H3,(H,29,30)/t19-/m1/s1. The largest absolute Gasteiger partial charge is 0.478 e. The van der Waals surface area contributed by atoms with Crippen molar-refractivity contribution in [3.05, 3.63) is 76.5 Å². The monoisotopic (exact) mass is 429 g/mol. The van der Waals surface area contributed by atoms with Crippen LogP contribution in [0.4, 0.5) is 23.7 Å². The zero-order valence-corrected chi connectivity index (χ0v) is 16.6. The lowest BCUT2D eigenvalue weighted by molar-refractivity contribution is -0.137. The van der Waals surface area contributed by atoms with Gasteiger partial charge in [0.1, 0.15) is 0 Å². The van der Waals surface area contributed by atoms with Gasteiger partial charge in [-0.3, -0.25) is 4.90 Å². The van der Waals surface area contributed by atoms with Crippen LogP contribution in [0.2, 0.25) is 0 Å². The van der Waals surface area contributed by atoms with Gasteiger partial charge in [0.15, 0.2) is 0 Å². The molecule has 0 saturated carbocycles. The lowest BCUT2D eigenvalue weighted by atomic mass is 9.92. The van der Waals surface area contributed by atoms with Crippen LogP contribution in [0.25, 0.3) is 0 Å². The van der Waals surface area contributed by atoms with Crippen LogP contribution in [0.1, 0.15) is 36.6 Å². The lowest BCUT2D eigenvalue weighted by Crippen LogP contribution is -2.50. The molecule has 2 aromatic rings. The number of carbonyl (C=O) groups excluding carboxylic acids is 1. The SMILES string of the molecule is CCN1C(=O)N(c2cccc(C(F)(F)F)c2)C(C)=C(C(=O)O)[C@H]1c1ccc(C#N)cc1. The highest BCUT2D eigenvalue weighted by Gasteiger charge is 2.42. The molecule has 1 atom stereocenters. The van der Waals surface area contributed by atoms with Gasteiger partial charge in [0.25, 0.3) is 0 Å². The van der Waals surface area contributed by atoms with Gasteiger partial charge in [0.05, 0.1) is 34.5 Å². The second-order valence-electron chi connectivity index (χ2n) is 6.89. The third kappa shape index (κ3) is 3.97. The second kappa shape index (κ2) is 8.14. The predicted molar refractivity (Wildman–Crippen MR) is 106 cm³/mol. The summed E-state index contributed by atoms with van der Waals surface area (Å²) in [6, 6.07) is 10.7. The quantitative estimate of drug-likeness (QED) is 0.746. The van der Waals surface area contributed by atoms with E-state index in [-0.39, 0.29) is 23.5 Å². The van der Waals surface area contributed by atoms with Gasteiger partial charge >= 0.3 is 18.2 Å². The number of carboxylic acids is 1. The summed E-state index contributed by atoms with van der Waals surface area (Å²) in [6.07, 6.45) is -4.61. The summed E-state index contributed by atoms with van der Waals surface area (Å²) in [5.41, 5.74) is -0.279.